The molecule has 0 unspecified atom stereocenters. The molecule has 6 aromatic rings. The Labute approximate surface area is 262 Å². The number of aromatic nitrogens is 6. The first kappa shape index (κ1) is 30.0. The normalized spacial score (nSPS) is 12.3. The smallest absolute Gasteiger partial charge is 0.324 e. The number of hydrogen-bond donors (Lipinski definition) is 1. The van der Waals surface area contributed by atoms with Gasteiger partial charge in [-0.1, -0.05) is 58.7 Å². The van der Waals surface area contributed by atoms with Crippen LogP contribution in [0.25, 0.3) is 27.8 Å². The molecule has 3 heterocycles. The van der Waals surface area contributed by atoms with E-state index in [-0.39, 0.29) is 33.9 Å². The largest absolute Gasteiger partial charge is 0.416 e. The summed E-state index contributed by atoms with van der Waals surface area (Å²) in [7, 11) is 0. The Morgan fingerprint density at radius 2 is 1.76 bits per heavy atom. The van der Waals surface area contributed by atoms with E-state index >= 15 is 0 Å². The Hall–Kier alpha value is -5.07. The molecule has 6 rings (SSSR count). The summed E-state index contributed by atoms with van der Waals surface area (Å²) < 4.78 is 43.0. The fourth-order valence-electron chi connectivity index (χ4n) is 4.87. The van der Waals surface area contributed by atoms with Crippen LogP contribution in [-0.2, 0) is 17.4 Å². The van der Waals surface area contributed by atoms with Crippen LogP contribution in [-0.4, -0.2) is 35.4 Å². The van der Waals surface area contributed by atoms with Gasteiger partial charge in [-0.2, -0.15) is 13.2 Å². The molecule has 226 valence electrons. The Balaban J connectivity index is 1.40. The van der Waals surface area contributed by atoms with E-state index < -0.39 is 29.2 Å². The van der Waals surface area contributed by atoms with Gasteiger partial charge in [0.1, 0.15) is 6.04 Å². The van der Waals surface area contributed by atoms with Crippen LogP contribution in [0.4, 0.5) is 18.9 Å². The van der Waals surface area contributed by atoms with Gasteiger partial charge in [0.05, 0.1) is 40.7 Å². The average Bonchev–Trinajstić information content (AvgIpc) is 3.45. The van der Waals surface area contributed by atoms with E-state index in [4.69, 9.17) is 23.2 Å². The number of fused-ring (bicyclic) bond motifs is 1. The quantitative estimate of drug-likeness (QED) is 0.204. The lowest BCUT2D eigenvalue weighted by Crippen LogP contribution is -2.34. The van der Waals surface area contributed by atoms with Crippen molar-refractivity contribution in [3.05, 3.63) is 129 Å². The SMILES string of the molecule is O=C(Nc1ccnc2ccc(C(F)(F)F)cc12)[C@H](Cc1ccccc1)n1cnc(-c2cc(Cl)ccc2-n2cc(Cl)nn2)cc1=O. The second-order valence-electron chi connectivity index (χ2n) is 9.95. The minimum Gasteiger partial charge on any atom is -0.324 e. The number of rotatable bonds is 7. The number of hydrogen-bond acceptors (Lipinski definition) is 6. The summed E-state index contributed by atoms with van der Waals surface area (Å²) in [5, 5.41) is 11.1. The van der Waals surface area contributed by atoms with Gasteiger partial charge in [-0.3, -0.25) is 19.1 Å². The van der Waals surface area contributed by atoms with Gasteiger partial charge in [-0.15, -0.1) is 5.10 Å². The maximum Gasteiger partial charge on any atom is 0.416 e. The van der Waals surface area contributed by atoms with E-state index in [0.717, 1.165) is 17.7 Å². The van der Waals surface area contributed by atoms with Gasteiger partial charge in [0.15, 0.2) is 5.15 Å². The van der Waals surface area contributed by atoms with Crippen LogP contribution in [0.5, 0.6) is 0 Å². The number of carbonyl (C=O) groups is 1. The highest BCUT2D eigenvalue weighted by Crippen LogP contribution is 2.33. The lowest BCUT2D eigenvalue weighted by atomic mass is 10.0. The second-order valence-corrected chi connectivity index (χ2v) is 10.8. The summed E-state index contributed by atoms with van der Waals surface area (Å²) >= 11 is 12.2. The van der Waals surface area contributed by atoms with Crippen molar-refractivity contribution in [2.45, 2.75) is 18.6 Å². The van der Waals surface area contributed by atoms with Gasteiger partial charge in [0.2, 0.25) is 5.91 Å². The maximum atomic E-state index is 13.8. The van der Waals surface area contributed by atoms with Gasteiger partial charge in [-0.25, -0.2) is 9.67 Å². The fourth-order valence-corrected chi connectivity index (χ4v) is 5.17. The van der Waals surface area contributed by atoms with Crippen LogP contribution in [0.2, 0.25) is 10.2 Å². The van der Waals surface area contributed by atoms with Gasteiger partial charge >= 0.3 is 6.18 Å². The minimum absolute atomic E-state index is 0.0876. The van der Waals surface area contributed by atoms with Gasteiger partial charge in [0, 0.05) is 34.7 Å². The van der Waals surface area contributed by atoms with E-state index in [9.17, 15) is 22.8 Å². The number of pyridine rings is 1. The molecule has 0 radical (unpaired) electrons. The summed E-state index contributed by atoms with van der Waals surface area (Å²) in [4.78, 5) is 36.1. The molecular formula is C31H20Cl2F3N7O2. The number of carbonyl (C=O) groups excluding carboxylic acids is 1. The zero-order valence-corrected chi connectivity index (χ0v) is 24.4. The standard InChI is InChI=1S/C31H20Cl2F3N7O2/c32-20-7-9-26(43-16-28(33)40-41-43)22(14-20)25-15-29(44)42(17-38-25)27(12-18-4-2-1-3-5-18)30(45)39-24-10-11-37-23-8-6-19(13-21(23)24)31(34,35)36/h1-11,13-17,27H,12H2,(H,37,39,45)/t27-/m0/s1. The molecule has 1 N–H and O–H groups in total. The molecule has 0 aliphatic rings. The average molecular weight is 650 g/mol. The summed E-state index contributed by atoms with van der Waals surface area (Å²) in [6, 6.07) is 18.5. The van der Waals surface area contributed by atoms with Crippen molar-refractivity contribution in [3.63, 3.8) is 0 Å². The molecule has 3 aromatic heterocycles. The third-order valence-corrected chi connectivity index (χ3v) is 7.43. The molecular weight excluding hydrogens is 630 g/mol. The zero-order chi connectivity index (χ0) is 31.7. The molecule has 0 aliphatic heterocycles. The van der Waals surface area contributed by atoms with E-state index in [1.165, 1.54) is 46.2 Å². The summed E-state index contributed by atoms with van der Waals surface area (Å²) in [5.74, 6) is -0.638. The first-order valence-electron chi connectivity index (χ1n) is 13.3. The molecule has 14 heteroatoms. The monoisotopic (exact) mass is 649 g/mol. The van der Waals surface area contributed by atoms with E-state index in [1.807, 2.05) is 6.07 Å². The number of nitrogens with zero attached hydrogens (tertiary/aromatic N) is 6. The maximum absolute atomic E-state index is 13.8. The van der Waals surface area contributed by atoms with Gasteiger partial charge in [-0.05, 0) is 48.0 Å². The third-order valence-electron chi connectivity index (χ3n) is 7.02. The van der Waals surface area contributed by atoms with E-state index in [2.05, 4.69) is 25.6 Å². The van der Waals surface area contributed by atoms with Crippen molar-refractivity contribution in [2.24, 2.45) is 0 Å². The van der Waals surface area contributed by atoms with E-state index in [0.29, 0.717) is 16.3 Å². The Kier molecular flexibility index (Phi) is 8.09. The third kappa shape index (κ3) is 6.42. The predicted molar refractivity (Wildman–Crippen MR) is 163 cm³/mol. The lowest BCUT2D eigenvalue weighted by Gasteiger charge is -2.20. The first-order chi connectivity index (χ1) is 21.6. The summed E-state index contributed by atoms with van der Waals surface area (Å²) in [6.07, 6.45) is -0.396. The number of benzene rings is 3. The van der Waals surface area contributed by atoms with Crippen molar-refractivity contribution in [2.75, 3.05) is 5.32 Å². The fraction of sp³-hybridized carbons (Fsp3) is 0.0968. The summed E-state index contributed by atoms with van der Waals surface area (Å²) in [5.41, 5.74) is 0.885. The van der Waals surface area contributed by atoms with Crippen LogP contribution in [0.1, 0.15) is 17.2 Å². The molecule has 0 saturated heterocycles. The molecule has 0 aliphatic carbocycles. The Morgan fingerprint density at radius 1 is 0.956 bits per heavy atom. The van der Waals surface area contributed by atoms with Crippen molar-refractivity contribution >= 4 is 45.7 Å². The molecule has 45 heavy (non-hydrogen) atoms. The van der Waals surface area contributed by atoms with Gasteiger partial charge < -0.3 is 5.32 Å². The molecule has 3 aromatic carbocycles. The molecule has 0 bridgehead atoms. The lowest BCUT2D eigenvalue weighted by molar-refractivity contribution is -0.137. The predicted octanol–water partition coefficient (Wildman–Crippen LogP) is 6.79. The van der Waals surface area contributed by atoms with Crippen LogP contribution < -0.4 is 10.9 Å². The van der Waals surface area contributed by atoms with Crippen LogP contribution in [0.3, 0.4) is 0 Å². The van der Waals surface area contributed by atoms with Crippen molar-refractivity contribution in [1.82, 2.24) is 29.5 Å². The zero-order valence-electron chi connectivity index (χ0n) is 22.9. The van der Waals surface area contributed by atoms with Crippen molar-refractivity contribution in [1.29, 1.82) is 0 Å². The molecule has 1 amide bonds. The van der Waals surface area contributed by atoms with Crippen molar-refractivity contribution < 1.29 is 18.0 Å². The molecule has 0 spiro atoms. The minimum atomic E-state index is -4.59. The second kappa shape index (κ2) is 12.1. The van der Waals surface area contributed by atoms with Crippen LogP contribution >= 0.6 is 23.2 Å². The number of anilines is 1. The topological polar surface area (TPSA) is 108 Å². The molecule has 1 atom stereocenters. The van der Waals surface area contributed by atoms with E-state index in [1.54, 1.807) is 42.5 Å². The molecule has 9 nitrogen and oxygen atoms in total. The highest BCUT2D eigenvalue weighted by Gasteiger charge is 2.31. The van der Waals surface area contributed by atoms with Crippen LogP contribution in [0.15, 0.2) is 102 Å². The highest BCUT2D eigenvalue weighted by molar-refractivity contribution is 6.31. The highest BCUT2D eigenvalue weighted by atomic mass is 35.5. The molecule has 0 fully saturated rings. The van der Waals surface area contributed by atoms with Crippen molar-refractivity contribution in [3.8, 4) is 16.9 Å². The molecule has 0 saturated carbocycles. The number of amides is 1. The Morgan fingerprint density at radius 3 is 2.47 bits per heavy atom. The van der Waals surface area contributed by atoms with Crippen LogP contribution in [0, 0.1) is 0 Å². The summed E-state index contributed by atoms with van der Waals surface area (Å²) in [6.45, 7) is 0. The first-order valence-corrected chi connectivity index (χ1v) is 14.1. The number of nitrogens with one attached hydrogen (secondary N) is 1. The van der Waals surface area contributed by atoms with Gasteiger partial charge in [0.25, 0.3) is 5.56 Å². The number of alkyl halides is 3. The Bertz CT molecular complexity index is 2100. The number of halogens is 5.